The summed E-state index contributed by atoms with van der Waals surface area (Å²) in [4.78, 5) is 12.0. The van der Waals surface area contributed by atoms with Gasteiger partial charge in [0.05, 0.1) is 11.6 Å². The number of hydrogen-bond donors (Lipinski definition) is 2. The quantitative estimate of drug-likeness (QED) is 0.578. The van der Waals surface area contributed by atoms with Crippen LogP contribution in [0.15, 0.2) is 39.4 Å². The van der Waals surface area contributed by atoms with Crippen LogP contribution in [0.25, 0.3) is 11.3 Å². The van der Waals surface area contributed by atoms with Crippen molar-refractivity contribution in [2.24, 2.45) is 0 Å². The Morgan fingerprint density at radius 3 is 2.71 bits per heavy atom. The molecule has 0 aliphatic carbocycles. The van der Waals surface area contributed by atoms with Gasteiger partial charge in [0, 0.05) is 24.8 Å². The zero-order chi connectivity index (χ0) is 21.6. The fourth-order valence-electron chi connectivity index (χ4n) is 3.09. The monoisotopic (exact) mass is 433 g/mol. The van der Waals surface area contributed by atoms with Gasteiger partial charge < -0.3 is 33.7 Å². The maximum Gasteiger partial charge on any atom is 0.415 e. The first-order chi connectivity index (χ1) is 15.1. The number of aliphatic hydroxyl groups is 1. The lowest BCUT2D eigenvalue weighted by molar-refractivity contribution is 0.0770. The van der Waals surface area contributed by atoms with Gasteiger partial charge in [0.2, 0.25) is 0 Å². The predicted octanol–water partition coefficient (Wildman–Crippen LogP) is 2.81. The number of carbonyl (C=O) groups excluding carboxylic acids is 1. The van der Waals surface area contributed by atoms with Gasteiger partial charge >= 0.3 is 12.0 Å². The minimum Gasteiger partial charge on any atom is -0.470 e. The smallest absolute Gasteiger partial charge is 0.415 e. The Balaban J connectivity index is 1.37. The van der Waals surface area contributed by atoms with Crippen molar-refractivity contribution in [3.8, 4) is 23.1 Å². The highest BCUT2D eigenvalue weighted by molar-refractivity contribution is 5.70. The van der Waals surface area contributed by atoms with Crippen LogP contribution < -0.4 is 14.8 Å². The van der Waals surface area contributed by atoms with Crippen LogP contribution in [0, 0.1) is 5.82 Å². The van der Waals surface area contributed by atoms with Gasteiger partial charge in [-0.1, -0.05) is 5.16 Å². The molecule has 0 atom stereocenters. The molecule has 3 heterocycles. The normalized spacial score (nSPS) is 14.4. The lowest BCUT2D eigenvalue weighted by Gasteiger charge is -2.22. The third-order valence-corrected chi connectivity index (χ3v) is 4.70. The van der Waals surface area contributed by atoms with Crippen LogP contribution in [-0.2, 0) is 18.0 Å². The van der Waals surface area contributed by atoms with Gasteiger partial charge in [-0.15, -0.1) is 0 Å². The van der Waals surface area contributed by atoms with E-state index in [1.807, 2.05) is 0 Å². The van der Waals surface area contributed by atoms with Crippen molar-refractivity contribution in [1.82, 2.24) is 15.6 Å². The molecule has 11 heteroatoms. The van der Waals surface area contributed by atoms with Gasteiger partial charge in [-0.25, -0.2) is 9.18 Å². The van der Waals surface area contributed by atoms with E-state index in [1.54, 1.807) is 0 Å². The maximum absolute atomic E-state index is 13.2. The zero-order valence-corrected chi connectivity index (χ0v) is 16.4. The molecule has 1 aromatic carbocycles. The van der Waals surface area contributed by atoms with Crippen LogP contribution in [-0.4, -0.2) is 40.8 Å². The number of hydrogen-bond acceptors (Lipinski definition) is 9. The minimum absolute atomic E-state index is 0.0183. The van der Waals surface area contributed by atoms with Crippen LogP contribution in [0.3, 0.4) is 0 Å². The van der Waals surface area contributed by atoms with E-state index in [-0.39, 0.29) is 36.1 Å². The molecule has 1 amide bonds. The zero-order valence-electron chi connectivity index (χ0n) is 16.4. The Morgan fingerprint density at radius 1 is 1.19 bits per heavy atom. The standard InChI is InChI=1S/C20H20FN3O7/c21-13-3-1-12(2-4-13)19-15(16(10-25)30-24-19)11-28-17-9-18(31-23-17)29-20(26)22-14-5-7-27-8-6-14/h1-4,9,14,25H,5-8,10-11H2,(H,22,26). The Kier molecular flexibility index (Phi) is 6.43. The maximum atomic E-state index is 13.2. The lowest BCUT2D eigenvalue weighted by atomic mass is 10.1. The first kappa shape index (κ1) is 20.8. The summed E-state index contributed by atoms with van der Waals surface area (Å²) in [5, 5.41) is 19.9. The Bertz CT molecular complexity index is 1010. The van der Waals surface area contributed by atoms with Crippen molar-refractivity contribution in [2.45, 2.75) is 32.1 Å². The molecular weight excluding hydrogens is 413 g/mol. The van der Waals surface area contributed by atoms with Gasteiger partial charge in [-0.3, -0.25) is 0 Å². The number of benzene rings is 1. The number of ether oxygens (including phenoxy) is 3. The number of carbonyl (C=O) groups is 1. The third-order valence-electron chi connectivity index (χ3n) is 4.70. The molecule has 0 unspecified atom stereocenters. The largest absolute Gasteiger partial charge is 0.470 e. The second-order valence-corrected chi connectivity index (χ2v) is 6.79. The highest BCUT2D eigenvalue weighted by Gasteiger charge is 2.21. The number of halogens is 1. The van der Waals surface area contributed by atoms with Crippen LogP contribution >= 0.6 is 0 Å². The number of aromatic nitrogens is 2. The van der Waals surface area contributed by atoms with Gasteiger partial charge in [-0.2, -0.15) is 0 Å². The van der Waals surface area contributed by atoms with E-state index in [2.05, 4.69) is 15.6 Å². The van der Waals surface area contributed by atoms with E-state index >= 15 is 0 Å². The van der Waals surface area contributed by atoms with Crippen molar-refractivity contribution in [1.29, 1.82) is 0 Å². The second kappa shape index (κ2) is 9.58. The molecule has 0 spiro atoms. The SMILES string of the molecule is O=C(NC1CCOCC1)Oc1cc(OCc2c(-c3ccc(F)cc3)noc2CO)no1. The molecule has 1 aliphatic rings. The molecule has 31 heavy (non-hydrogen) atoms. The van der Waals surface area contributed by atoms with Crippen molar-refractivity contribution >= 4 is 6.09 Å². The molecule has 1 fully saturated rings. The van der Waals surface area contributed by atoms with Crippen LogP contribution in [0.1, 0.15) is 24.2 Å². The van der Waals surface area contributed by atoms with Gasteiger partial charge in [-0.05, 0) is 42.3 Å². The molecule has 0 radical (unpaired) electrons. The molecule has 4 rings (SSSR count). The molecule has 1 aliphatic heterocycles. The minimum atomic E-state index is -0.658. The fraction of sp³-hybridized carbons (Fsp3) is 0.350. The summed E-state index contributed by atoms with van der Waals surface area (Å²) >= 11 is 0. The molecule has 2 aromatic heterocycles. The van der Waals surface area contributed by atoms with Crippen molar-refractivity contribution < 1.29 is 37.5 Å². The van der Waals surface area contributed by atoms with E-state index in [0.29, 0.717) is 42.9 Å². The fourth-order valence-corrected chi connectivity index (χ4v) is 3.09. The average molecular weight is 433 g/mol. The molecule has 164 valence electrons. The topological polar surface area (TPSA) is 129 Å². The number of nitrogens with one attached hydrogen (secondary N) is 1. The van der Waals surface area contributed by atoms with Gasteiger partial charge in [0.15, 0.2) is 5.76 Å². The number of rotatable bonds is 7. The summed E-state index contributed by atoms with van der Waals surface area (Å²) in [5.74, 6) is -0.256. The van der Waals surface area contributed by atoms with E-state index in [9.17, 15) is 14.3 Å². The highest BCUT2D eigenvalue weighted by Crippen LogP contribution is 2.28. The summed E-state index contributed by atoms with van der Waals surface area (Å²) in [6.45, 7) is 0.715. The van der Waals surface area contributed by atoms with E-state index in [4.69, 9.17) is 23.3 Å². The number of amides is 1. The van der Waals surface area contributed by atoms with E-state index in [1.165, 1.54) is 30.3 Å². The Hall–Kier alpha value is -3.44. The van der Waals surface area contributed by atoms with E-state index < -0.39 is 12.7 Å². The summed E-state index contributed by atoms with van der Waals surface area (Å²) in [6.07, 6.45) is 0.763. The Morgan fingerprint density at radius 2 is 1.97 bits per heavy atom. The molecule has 2 N–H and O–H groups in total. The van der Waals surface area contributed by atoms with Crippen molar-refractivity contribution in [3.05, 3.63) is 47.5 Å². The van der Waals surface area contributed by atoms with Gasteiger partial charge in [0.25, 0.3) is 5.88 Å². The highest BCUT2D eigenvalue weighted by atomic mass is 19.1. The van der Waals surface area contributed by atoms with Crippen LogP contribution in [0.5, 0.6) is 11.8 Å². The molecule has 0 saturated carbocycles. The second-order valence-electron chi connectivity index (χ2n) is 6.79. The first-order valence-electron chi connectivity index (χ1n) is 9.62. The number of aliphatic hydroxyl groups excluding tert-OH is 1. The Labute approximate surface area is 175 Å². The first-order valence-corrected chi connectivity index (χ1v) is 9.62. The molecule has 0 bridgehead atoms. The van der Waals surface area contributed by atoms with Gasteiger partial charge in [0.1, 0.15) is 24.7 Å². The number of nitrogens with zero attached hydrogens (tertiary/aromatic N) is 2. The molecule has 10 nitrogen and oxygen atoms in total. The van der Waals surface area contributed by atoms with Crippen LogP contribution in [0.2, 0.25) is 0 Å². The predicted molar refractivity (Wildman–Crippen MR) is 102 cm³/mol. The lowest BCUT2D eigenvalue weighted by Crippen LogP contribution is -2.40. The summed E-state index contributed by atoms with van der Waals surface area (Å²) in [6, 6.07) is 6.95. The van der Waals surface area contributed by atoms with Crippen LogP contribution in [0.4, 0.5) is 9.18 Å². The third kappa shape index (κ3) is 5.19. The van der Waals surface area contributed by atoms with E-state index in [0.717, 1.165) is 0 Å². The molecule has 1 saturated heterocycles. The molecular formula is C20H20FN3O7. The average Bonchev–Trinajstić information content (AvgIpc) is 3.39. The molecule has 3 aromatic rings. The summed E-state index contributed by atoms with van der Waals surface area (Å²) in [7, 11) is 0. The van der Waals surface area contributed by atoms with Crippen molar-refractivity contribution in [3.63, 3.8) is 0 Å². The summed E-state index contributed by atoms with van der Waals surface area (Å²) in [5.41, 5.74) is 1.47. The van der Waals surface area contributed by atoms with Crippen molar-refractivity contribution in [2.75, 3.05) is 13.2 Å². The summed E-state index contributed by atoms with van der Waals surface area (Å²) < 4.78 is 39.2.